The van der Waals surface area contributed by atoms with Crippen molar-refractivity contribution in [3.63, 3.8) is 0 Å². The molecule has 2 amide bonds. The first-order valence-electron chi connectivity index (χ1n) is 7.60. The fourth-order valence-corrected chi connectivity index (χ4v) is 2.69. The molecule has 3 N–H and O–H groups in total. The fourth-order valence-electron chi connectivity index (χ4n) is 2.46. The van der Waals surface area contributed by atoms with Gasteiger partial charge in [-0.15, -0.1) is 0 Å². The number of hydrogen-bond donors (Lipinski definition) is 3. The Bertz CT molecular complexity index is 658. The van der Waals surface area contributed by atoms with Crippen molar-refractivity contribution in [2.24, 2.45) is 0 Å². The van der Waals surface area contributed by atoms with Crippen LogP contribution in [0.15, 0.2) is 29.5 Å². The summed E-state index contributed by atoms with van der Waals surface area (Å²) in [5, 5.41) is 5.53. The molecular weight excluding hydrogens is 337 g/mol. The van der Waals surface area contributed by atoms with Crippen molar-refractivity contribution in [2.75, 3.05) is 26.7 Å². The number of halogens is 2. The Kier molecular flexibility index (Phi) is 6.16. The third-order valence-electron chi connectivity index (χ3n) is 3.60. The van der Waals surface area contributed by atoms with Gasteiger partial charge in [0.1, 0.15) is 18.9 Å². The van der Waals surface area contributed by atoms with Crippen molar-refractivity contribution in [3.8, 4) is 0 Å². The summed E-state index contributed by atoms with van der Waals surface area (Å²) in [5.41, 5.74) is 1.24. The zero-order valence-electron chi connectivity index (χ0n) is 13.5. The van der Waals surface area contributed by atoms with Gasteiger partial charge >= 0.3 is 12.0 Å². The van der Waals surface area contributed by atoms with E-state index in [1.165, 1.54) is 6.07 Å². The first kappa shape index (κ1) is 18.2. The van der Waals surface area contributed by atoms with Crippen LogP contribution in [-0.2, 0) is 16.1 Å². The predicted octanol–water partition coefficient (Wildman–Crippen LogP) is 0.624. The smallest absolute Gasteiger partial charge is 0.337 e. The molecule has 1 aromatic rings. The molecule has 8 heteroatoms. The van der Waals surface area contributed by atoms with Crippen LogP contribution in [-0.4, -0.2) is 38.7 Å². The number of amides is 2. The van der Waals surface area contributed by atoms with Gasteiger partial charge in [0.25, 0.3) is 0 Å². The molecule has 0 fully saturated rings. The number of urea groups is 1. The summed E-state index contributed by atoms with van der Waals surface area (Å²) in [6.45, 7) is 2.70. The van der Waals surface area contributed by atoms with Gasteiger partial charge in [-0.2, -0.15) is 0 Å². The topological polar surface area (TPSA) is 71.9 Å². The zero-order chi connectivity index (χ0) is 17.7. The van der Waals surface area contributed by atoms with Crippen LogP contribution in [0.4, 0.5) is 9.18 Å². The summed E-state index contributed by atoms with van der Waals surface area (Å²) in [5.74, 6) is -0.854. The van der Waals surface area contributed by atoms with E-state index in [2.05, 4.69) is 10.6 Å². The monoisotopic (exact) mass is 356 g/mol. The minimum Gasteiger partial charge on any atom is -0.463 e. The van der Waals surface area contributed by atoms with Gasteiger partial charge < -0.3 is 20.3 Å². The van der Waals surface area contributed by atoms with Crippen molar-refractivity contribution in [3.05, 3.63) is 45.9 Å². The third kappa shape index (κ3) is 4.46. The summed E-state index contributed by atoms with van der Waals surface area (Å²) in [4.78, 5) is 24.4. The Morgan fingerprint density at radius 2 is 2.17 bits per heavy atom. The second-order valence-corrected chi connectivity index (χ2v) is 5.90. The van der Waals surface area contributed by atoms with Gasteiger partial charge in [-0.3, -0.25) is 0 Å². The van der Waals surface area contributed by atoms with Crippen molar-refractivity contribution >= 4 is 23.6 Å². The Labute approximate surface area is 144 Å². The number of esters is 1. The number of benzene rings is 1. The number of nitrogens with one attached hydrogen (secondary N) is 3. The molecule has 1 atom stereocenters. The lowest BCUT2D eigenvalue weighted by atomic mass is 10.1. The van der Waals surface area contributed by atoms with Crippen LogP contribution in [0.5, 0.6) is 0 Å². The highest BCUT2D eigenvalue weighted by Gasteiger charge is 2.26. The quantitative estimate of drug-likeness (QED) is 0.654. The maximum Gasteiger partial charge on any atom is 0.337 e. The molecule has 0 saturated carbocycles. The number of carbonyl (C=O) groups is 2. The predicted molar refractivity (Wildman–Crippen MR) is 87.1 cm³/mol. The molecule has 0 aliphatic carbocycles. The van der Waals surface area contributed by atoms with E-state index in [-0.39, 0.29) is 25.0 Å². The highest BCUT2D eigenvalue weighted by Crippen LogP contribution is 2.17. The summed E-state index contributed by atoms with van der Waals surface area (Å²) in [7, 11) is 1.83. The summed E-state index contributed by atoms with van der Waals surface area (Å²) in [6, 6.07) is 4.15. The molecule has 1 aliphatic heterocycles. The van der Waals surface area contributed by atoms with Crippen LogP contribution in [0, 0.1) is 5.82 Å². The highest BCUT2D eigenvalue weighted by molar-refractivity contribution is 6.31. The van der Waals surface area contributed by atoms with E-state index in [0.717, 1.165) is 4.90 Å². The molecule has 1 unspecified atom stereocenters. The number of quaternary nitrogens is 1. The summed E-state index contributed by atoms with van der Waals surface area (Å²) in [6.07, 6.45) is 0. The van der Waals surface area contributed by atoms with Gasteiger partial charge in [0.05, 0.1) is 42.1 Å². The number of carbonyl (C=O) groups excluding carboxylic acids is 2. The minimum atomic E-state index is -0.475. The first-order chi connectivity index (χ1) is 11.4. The molecule has 1 aromatic carbocycles. The highest BCUT2D eigenvalue weighted by atomic mass is 35.5. The lowest BCUT2D eigenvalue weighted by molar-refractivity contribution is -0.889. The molecule has 0 radical (unpaired) electrons. The normalized spacial score (nSPS) is 15.6. The van der Waals surface area contributed by atoms with Gasteiger partial charge in [0.2, 0.25) is 0 Å². The van der Waals surface area contributed by atoms with E-state index < -0.39 is 5.97 Å². The Balaban J connectivity index is 2.16. The SMILES string of the molecule is CCOC(=O)C1=C(C[NH+](C)Cc2c(F)cccc2Cl)NC(=O)NC1. The average molecular weight is 357 g/mol. The molecule has 6 nitrogen and oxygen atoms in total. The lowest BCUT2D eigenvalue weighted by Gasteiger charge is -2.23. The van der Waals surface area contributed by atoms with Crippen LogP contribution >= 0.6 is 11.6 Å². The molecule has 1 aliphatic rings. The third-order valence-corrected chi connectivity index (χ3v) is 3.95. The second kappa shape index (κ2) is 8.12. The van der Waals surface area contributed by atoms with E-state index in [1.54, 1.807) is 19.1 Å². The van der Waals surface area contributed by atoms with E-state index in [4.69, 9.17) is 16.3 Å². The number of rotatable bonds is 6. The van der Waals surface area contributed by atoms with Gasteiger partial charge in [0.15, 0.2) is 0 Å². The summed E-state index contributed by atoms with van der Waals surface area (Å²) < 4.78 is 18.9. The lowest BCUT2D eigenvalue weighted by Crippen LogP contribution is -3.08. The van der Waals surface area contributed by atoms with Crippen LogP contribution < -0.4 is 15.5 Å². The van der Waals surface area contributed by atoms with Crippen molar-refractivity contribution < 1.29 is 23.6 Å². The molecule has 0 saturated heterocycles. The van der Waals surface area contributed by atoms with Gasteiger partial charge in [-0.25, -0.2) is 14.0 Å². The van der Waals surface area contributed by atoms with E-state index >= 15 is 0 Å². The number of likely N-dealkylation sites (N-methyl/N-ethyl adjacent to an activating group) is 1. The Hall–Kier alpha value is -2.12. The van der Waals surface area contributed by atoms with Gasteiger partial charge in [-0.1, -0.05) is 17.7 Å². The largest absolute Gasteiger partial charge is 0.463 e. The molecule has 1 heterocycles. The second-order valence-electron chi connectivity index (χ2n) is 5.50. The molecule has 0 aromatic heterocycles. The average Bonchev–Trinajstić information content (AvgIpc) is 2.51. The molecule has 2 rings (SSSR count). The molecule has 0 spiro atoms. The van der Waals surface area contributed by atoms with E-state index in [9.17, 15) is 14.0 Å². The van der Waals surface area contributed by atoms with Crippen LogP contribution in [0.25, 0.3) is 0 Å². The standard InChI is InChI=1S/C16H19ClFN3O3/c1-3-24-15(22)10-7-19-16(23)20-14(10)9-21(2)8-11-12(17)5-4-6-13(11)18/h4-6H,3,7-9H2,1-2H3,(H2,19,20,23)/p+1. The fraction of sp³-hybridized carbons (Fsp3) is 0.375. The first-order valence-corrected chi connectivity index (χ1v) is 7.98. The maximum absolute atomic E-state index is 13.9. The summed E-state index contributed by atoms with van der Waals surface area (Å²) >= 11 is 6.04. The maximum atomic E-state index is 13.9. The van der Waals surface area contributed by atoms with Crippen LogP contribution in [0.1, 0.15) is 12.5 Å². The van der Waals surface area contributed by atoms with Gasteiger partial charge in [-0.05, 0) is 19.1 Å². The van der Waals surface area contributed by atoms with Gasteiger partial charge in [0, 0.05) is 0 Å². The van der Waals surface area contributed by atoms with E-state index in [1.807, 2.05) is 7.05 Å². The minimum absolute atomic E-state index is 0.105. The van der Waals surface area contributed by atoms with Crippen molar-refractivity contribution in [1.82, 2.24) is 10.6 Å². The Morgan fingerprint density at radius 1 is 1.42 bits per heavy atom. The van der Waals surface area contributed by atoms with Crippen LogP contribution in [0.2, 0.25) is 5.02 Å². The molecular formula is C16H20ClFN3O3+. The van der Waals surface area contributed by atoms with E-state index in [0.29, 0.717) is 34.9 Å². The number of hydrogen-bond acceptors (Lipinski definition) is 3. The zero-order valence-corrected chi connectivity index (χ0v) is 14.3. The van der Waals surface area contributed by atoms with Crippen molar-refractivity contribution in [2.45, 2.75) is 13.5 Å². The van der Waals surface area contributed by atoms with Crippen LogP contribution in [0.3, 0.4) is 0 Å². The van der Waals surface area contributed by atoms with Crippen molar-refractivity contribution in [1.29, 1.82) is 0 Å². The Morgan fingerprint density at radius 3 is 2.83 bits per heavy atom. The molecule has 130 valence electrons. The molecule has 0 bridgehead atoms. The molecule has 24 heavy (non-hydrogen) atoms. The number of ether oxygens (including phenoxy) is 1.